The highest BCUT2D eigenvalue weighted by atomic mass is 32.1. The number of aryl methyl sites for hydroxylation is 1. The molecule has 2 rings (SSSR count). The molecule has 0 spiro atoms. The van der Waals surface area contributed by atoms with Crippen molar-refractivity contribution in [2.24, 2.45) is 11.3 Å². The van der Waals surface area contributed by atoms with E-state index in [9.17, 15) is 9.90 Å². The van der Waals surface area contributed by atoms with E-state index in [2.05, 4.69) is 10.3 Å². The standard InChI is InChI=1S/C19H26N2O2S/c1-12(2)17(22)19(4,5)18(23)20-10-14-6-8-15(9-7-14)16-11-24-13(3)21-16/h6-9,11-12,17,22H,10H2,1-5H3,(H,20,23). The summed E-state index contributed by atoms with van der Waals surface area (Å²) in [6, 6.07) is 8.03. The number of aromatic nitrogens is 1. The van der Waals surface area contributed by atoms with E-state index in [4.69, 9.17) is 0 Å². The summed E-state index contributed by atoms with van der Waals surface area (Å²) in [5.41, 5.74) is 2.26. The number of amides is 1. The van der Waals surface area contributed by atoms with Crippen LogP contribution in [0.4, 0.5) is 0 Å². The SMILES string of the molecule is Cc1nc(-c2ccc(CNC(=O)C(C)(C)C(O)C(C)C)cc2)cs1. The first kappa shape index (κ1) is 18.6. The predicted molar refractivity (Wildman–Crippen MR) is 98.8 cm³/mol. The minimum atomic E-state index is -0.813. The number of thiazole rings is 1. The average molecular weight is 346 g/mol. The Hall–Kier alpha value is -1.72. The van der Waals surface area contributed by atoms with Crippen LogP contribution in [0.25, 0.3) is 11.3 Å². The summed E-state index contributed by atoms with van der Waals surface area (Å²) in [4.78, 5) is 16.9. The number of benzene rings is 1. The second kappa shape index (κ2) is 7.45. The van der Waals surface area contributed by atoms with Crippen LogP contribution in [0.2, 0.25) is 0 Å². The first-order valence-electron chi connectivity index (χ1n) is 8.19. The van der Waals surface area contributed by atoms with E-state index in [0.717, 1.165) is 21.8 Å². The van der Waals surface area contributed by atoms with E-state index in [1.54, 1.807) is 25.2 Å². The molecule has 0 saturated carbocycles. The van der Waals surface area contributed by atoms with Gasteiger partial charge in [-0.15, -0.1) is 11.3 Å². The molecule has 1 aromatic carbocycles. The van der Waals surface area contributed by atoms with Gasteiger partial charge in [-0.05, 0) is 32.3 Å². The molecule has 0 aliphatic carbocycles. The van der Waals surface area contributed by atoms with Gasteiger partial charge in [0.2, 0.25) is 5.91 Å². The van der Waals surface area contributed by atoms with Crippen molar-refractivity contribution < 1.29 is 9.90 Å². The smallest absolute Gasteiger partial charge is 0.228 e. The summed E-state index contributed by atoms with van der Waals surface area (Å²) < 4.78 is 0. The van der Waals surface area contributed by atoms with Gasteiger partial charge in [-0.3, -0.25) is 4.79 Å². The van der Waals surface area contributed by atoms with Crippen molar-refractivity contribution in [2.45, 2.75) is 47.3 Å². The molecule has 24 heavy (non-hydrogen) atoms. The lowest BCUT2D eigenvalue weighted by Crippen LogP contribution is -2.46. The van der Waals surface area contributed by atoms with Gasteiger partial charge in [0.05, 0.1) is 22.2 Å². The van der Waals surface area contributed by atoms with Crippen LogP contribution < -0.4 is 5.32 Å². The largest absolute Gasteiger partial charge is 0.392 e. The van der Waals surface area contributed by atoms with E-state index >= 15 is 0 Å². The van der Waals surface area contributed by atoms with Gasteiger partial charge in [-0.1, -0.05) is 38.1 Å². The lowest BCUT2D eigenvalue weighted by atomic mass is 9.80. The second-order valence-electron chi connectivity index (χ2n) is 7.04. The van der Waals surface area contributed by atoms with Gasteiger partial charge in [-0.25, -0.2) is 4.98 Å². The zero-order valence-electron chi connectivity index (χ0n) is 15.0. The summed E-state index contributed by atoms with van der Waals surface area (Å²) in [5, 5.41) is 16.2. The molecule has 2 aromatic rings. The quantitative estimate of drug-likeness (QED) is 0.837. The molecule has 0 fully saturated rings. The molecule has 0 aliphatic heterocycles. The zero-order valence-corrected chi connectivity index (χ0v) is 15.8. The molecule has 1 atom stereocenters. The number of carbonyl (C=O) groups is 1. The summed E-state index contributed by atoms with van der Waals surface area (Å²) in [6.07, 6.45) is -0.673. The number of nitrogens with zero attached hydrogens (tertiary/aromatic N) is 1. The molecule has 5 heteroatoms. The van der Waals surface area contributed by atoms with Crippen molar-refractivity contribution in [3.8, 4) is 11.3 Å². The third-order valence-corrected chi connectivity index (χ3v) is 5.05. The van der Waals surface area contributed by atoms with Gasteiger partial charge in [-0.2, -0.15) is 0 Å². The summed E-state index contributed by atoms with van der Waals surface area (Å²) in [7, 11) is 0. The van der Waals surface area contributed by atoms with Crippen molar-refractivity contribution in [3.63, 3.8) is 0 Å². The Morgan fingerprint density at radius 3 is 2.42 bits per heavy atom. The fourth-order valence-corrected chi connectivity index (χ4v) is 3.29. The molecule has 0 saturated heterocycles. The number of hydrogen-bond acceptors (Lipinski definition) is 4. The highest BCUT2D eigenvalue weighted by molar-refractivity contribution is 7.09. The minimum Gasteiger partial charge on any atom is -0.392 e. The summed E-state index contributed by atoms with van der Waals surface area (Å²) in [6.45, 7) is 9.83. The molecule has 1 heterocycles. The number of rotatable bonds is 6. The topological polar surface area (TPSA) is 62.2 Å². The fraction of sp³-hybridized carbons (Fsp3) is 0.474. The molecule has 4 nitrogen and oxygen atoms in total. The first-order chi connectivity index (χ1) is 11.2. The maximum Gasteiger partial charge on any atom is 0.228 e. The van der Waals surface area contributed by atoms with Crippen molar-refractivity contribution >= 4 is 17.2 Å². The maximum absolute atomic E-state index is 12.4. The Bertz CT molecular complexity index is 690. The van der Waals surface area contributed by atoms with Crippen LogP contribution in [0.1, 0.15) is 38.3 Å². The van der Waals surface area contributed by atoms with Gasteiger partial charge >= 0.3 is 0 Å². The maximum atomic E-state index is 12.4. The molecule has 0 aliphatic rings. The van der Waals surface area contributed by atoms with Crippen LogP contribution in [0.15, 0.2) is 29.6 Å². The first-order valence-corrected chi connectivity index (χ1v) is 9.07. The lowest BCUT2D eigenvalue weighted by Gasteiger charge is -2.31. The Labute approximate surface area is 148 Å². The van der Waals surface area contributed by atoms with Crippen LogP contribution in [0.3, 0.4) is 0 Å². The highest BCUT2D eigenvalue weighted by Crippen LogP contribution is 2.26. The second-order valence-corrected chi connectivity index (χ2v) is 8.10. The fourth-order valence-electron chi connectivity index (χ4n) is 2.67. The van der Waals surface area contributed by atoms with Crippen LogP contribution in [0, 0.1) is 18.3 Å². The Morgan fingerprint density at radius 2 is 1.92 bits per heavy atom. The summed E-state index contributed by atoms with van der Waals surface area (Å²) >= 11 is 1.63. The molecule has 1 amide bonds. The zero-order chi connectivity index (χ0) is 17.9. The van der Waals surface area contributed by atoms with Crippen molar-refractivity contribution in [1.29, 1.82) is 0 Å². The normalized spacial score (nSPS) is 13.1. The molecule has 0 bridgehead atoms. The molecule has 1 unspecified atom stereocenters. The van der Waals surface area contributed by atoms with E-state index in [-0.39, 0.29) is 11.8 Å². The van der Waals surface area contributed by atoms with E-state index < -0.39 is 11.5 Å². The number of nitrogens with one attached hydrogen (secondary N) is 1. The van der Waals surface area contributed by atoms with Crippen LogP contribution in [-0.2, 0) is 11.3 Å². The van der Waals surface area contributed by atoms with Gasteiger partial charge in [0.1, 0.15) is 0 Å². The van der Waals surface area contributed by atoms with Crippen molar-refractivity contribution in [3.05, 3.63) is 40.2 Å². The van der Waals surface area contributed by atoms with Crippen LogP contribution in [-0.4, -0.2) is 22.1 Å². The third-order valence-electron chi connectivity index (χ3n) is 4.28. The molecule has 130 valence electrons. The molecular formula is C19H26N2O2S. The van der Waals surface area contributed by atoms with E-state index in [1.807, 2.05) is 50.4 Å². The van der Waals surface area contributed by atoms with Gasteiger partial charge in [0.15, 0.2) is 0 Å². The van der Waals surface area contributed by atoms with E-state index in [1.165, 1.54) is 0 Å². The van der Waals surface area contributed by atoms with Crippen LogP contribution >= 0.6 is 11.3 Å². The van der Waals surface area contributed by atoms with Crippen molar-refractivity contribution in [2.75, 3.05) is 0 Å². The van der Waals surface area contributed by atoms with Gasteiger partial charge in [0.25, 0.3) is 0 Å². The van der Waals surface area contributed by atoms with Gasteiger partial charge < -0.3 is 10.4 Å². The summed E-state index contributed by atoms with van der Waals surface area (Å²) in [5.74, 6) is -0.102. The Morgan fingerprint density at radius 1 is 1.29 bits per heavy atom. The number of carbonyl (C=O) groups excluding carboxylic acids is 1. The molecule has 1 aromatic heterocycles. The average Bonchev–Trinajstić information content (AvgIpc) is 2.98. The minimum absolute atomic E-state index is 0.0339. The number of hydrogen-bond donors (Lipinski definition) is 2. The Balaban J connectivity index is 1.98. The lowest BCUT2D eigenvalue weighted by molar-refractivity contribution is -0.137. The number of aliphatic hydroxyl groups is 1. The molecular weight excluding hydrogens is 320 g/mol. The molecule has 2 N–H and O–H groups in total. The van der Waals surface area contributed by atoms with Gasteiger partial charge in [0, 0.05) is 17.5 Å². The van der Waals surface area contributed by atoms with Crippen molar-refractivity contribution in [1.82, 2.24) is 10.3 Å². The third kappa shape index (κ3) is 4.22. The Kier molecular flexibility index (Phi) is 5.78. The van der Waals surface area contributed by atoms with E-state index in [0.29, 0.717) is 6.54 Å². The van der Waals surface area contributed by atoms with Crippen LogP contribution in [0.5, 0.6) is 0 Å². The predicted octanol–water partition coefficient (Wildman–Crippen LogP) is 3.78. The highest BCUT2D eigenvalue weighted by Gasteiger charge is 2.37. The number of aliphatic hydroxyl groups excluding tert-OH is 1. The molecule has 0 radical (unpaired) electrons. The monoisotopic (exact) mass is 346 g/mol.